The van der Waals surface area contributed by atoms with E-state index in [1.54, 1.807) is 49.4 Å². The number of likely N-dealkylation sites (tertiary alicyclic amines) is 1. The lowest BCUT2D eigenvalue weighted by atomic mass is 9.99. The van der Waals surface area contributed by atoms with Crippen molar-refractivity contribution in [2.24, 2.45) is 0 Å². The molecule has 3 fully saturated rings. The number of ether oxygens (including phenoxy) is 4. The van der Waals surface area contributed by atoms with Crippen molar-refractivity contribution in [1.82, 2.24) is 30.3 Å². The Hall–Kier alpha value is -8.32. The Labute approximate surface area is 674 Å². The molecule has 5 amide bonds. The molecule has 6 aromatic carbocycles. The van der Waals surface area contributed by atoms with Gasteiger partial charge >= 0.3 is 5.51 Å². The van der Waals surface area contributed by atoms with Crippen LogP contribution in [0.1, 0.15) is 91.2 Å². The van der Waals surface area contributed by atoms with Gasteiger partial charge in [0.2, 0.25) is 17.7 Å². The fourth-order valence-electron chi connectivity index (χ4n) is 14.3. The number of rotatable bonds is 40. The predicted molar refractivity (Wildman–Crippen MR) is 433 cm³/mol. The number of piperazine rings is 1. The number of halogens is 5. The second-order valence-corrected chi connectivity index (χ2v) is 35.1. The molecular formula is C80H96ClF4N11O14S4. The zero-order valence-electron chi connectivity index (χ0n) is 63.9. The summed E-state index contributed by atoms with van der Waals surface area (Å²) in [5.41, 5.74) is -0.776. The standard InChI is InChI=1S/C80H96ClF4N11O14S4/c1-53(2)95-54(3)76(113(4,103)104)74(75(95)55-12-14-57(81)15-13-55)56-46-58(82)48-63(47-56)94-37-35-93(36-38-94)62-19-16-59(17-20-62)91-112(102)66-21-23-69(71(50-66)114(105,106)80(83,84)85)89-61(52-111-65-10-6-5-7-11-65)26-32-92-33-27-64(28-34-92)110-45-44-109-43-42-108-41-40-107-39-31-86-29-8-9-30-87-73(98)51-88-60-18-22-67-68(49-60)79(101)96(78(67)100)70-24-25-72(97)90-77(70)99/h5-7,10-23,46-50,53,61,64,70,86,88-89,91H,8-9,24-45,51-52H2,1-4H3,(H,87,98)(H,90,97,99)/t61-,70?,112?/m1/s1. The number of nitrogens with one attached hydrogen (secondary N) is 6. The summed E-state index contributed by atoms with van der Waals surface area (Å²) in [6.07, 6.45) is 4.76. The van der Waals surface area contributed by atoms with Crippen LogP contribution in [-0.4, -0.2) is 219 Å². The van der Waals surface area contributed by atoms with Crippen LogP contribution in [0.4, 0.5) is 46.0 Å². The maximum Gasteiger partial charge on any atom is 0.501 e. The van der Waals surface area contributed by atoms with Gasteiger partial charge in [0.25, 0.3) is 21.7 Å². The van der Waals surface area contributed by atoms with E-state index < -0.39 is 83.0 Å². The van der Waals surface area contributed by atoms with E-state index in [0.717, 1.165) is 65.6 Å². The zero-order chi connectivity index (χ0) is 81.3. The zero-order valence-corrected chi connectivity index (χ0v) is 67.9. The van der Waals surface area contributed by atoms with Gasteiger partial charge < -0.3 is 64.0 Å². The molecule has 114 heavy (non-hydrogen) atoms. The third-order valence-electron chi connectivity index (χ3n) is 20.0. The van der Waals surface area contributed by atoms with Crippen molar-refractivity contribution >= 4 is 112 Å². The van der Waals surface area contributed by atoms with Crippen LogP contribution in [0, 0.1) is 12.7 Å². The van der Waals surface area contributed by atoms with Crippen LogP contribution in [0.5, 0.6) is 0 Å². The summed E-state index contributed by atoms with van der Waals surface area (Å²) in [5.74, 6) is -2.77. The summed E-state index contributed by atoms with van der Waals surface area (Å²) in [4.78, 5) is 69.6. The monoisotopic (exact) mass is 1670 g/mol. The molecule has 34 heteroatoms. The Bertz CT molecular complexity index is 4730. The molecule has 2 unspecified atom stereocenters. The van der Waals surface area contributed by atoms with Gasteiger partial charge in [-0.1, -0.05) is 41.9 Å². The molecule has 0 aliphatic carbocycles. The van der Waals surface area contributed by atoms with Gasteiger partial charge in [0, 0.05) is 134 Å². The normalized spacial score (nSPS) is 16.5. The molecule has 25 nitrogen and oxygen atoms in total. The smallest absolute Gasteiger partial charge is 0.501 e. The fourth-order valence-corrected chi connectivity index (χ4v) is 18.6. The number of amides is 5. The number of nitrogens with zero attached hydrogens (tertiary/aromatic N) is 5. The number of imide groups is 2. The van der Waals surface area contributed by atoms with Crippen molar-refractivity contribution < 1.29 is 81.9 Å². The Morgan fingerprint density at radius 1 is 0.719 bits per heavy atom. The van der Waals surface area contributed by atoms with E-state index in [1.165, 1.54) is 48.2 Å². The number of piperidine rings is 2. The van der Waals surface area contributed by atoms with Crippen LogP contribution >= 0.6 is 23.4 Å². The van der Waals surface area contributed by atoms with E-state index in [1.807, 2.05) is 71.8 Å². The predicted octanol–water partition coefficient (Wildman–Crippen LogP) is 11.2. The number of hydrogen-bond donors (Lipinski definition) is 6. The lowest BCUT2D eigenvalue weighted by Gasteiger charge is -2.37. The maximum atomic E-state index is 15.9. The first-order valence-electron chi connectivity index (χ1n) is 38.0. The molecule has 6 N–H and O–H groups in total. The number of unbranched alkanes of at least 4 members (excludes halogenated alkanes) is 1. The van der Waals surface area contributed by atoms with Crippen LogP contribution < -0.4 is 41.1 Å². The highest BCUT2D eigenvalue weighted by atomic mass is 35.5. The molecule has 0 bridgehead atoms. The lowest BCUT2D eigenvalue weighted by Crippen LogP contribution is -2.54. The first-order valence-corrected chi connectivity index (χ1v) is 43.8. The molecule has 1 aromatic heterocycles. The number of carbonyl (C=O) groups is 5. The highest BCUT2D eigenvalue weighted by Crippen LogP contribution is 2.45. The van der Waals surface area contributed by atoms with Crippen LogP contribution in [0.3, 0.4) is 0 Å². The number of thioether (sulfide) groups is 1. The average Bonchev–Trinajstić information content (AvgIpc) is 1.58. The molecule has 3 atom stereocenters. The summed E-state index contributed by atoms with van der Waals surface area (Å²) < 4.78 is 156. The van der Waals surface area contributed by atoms with E-state index in [2.05, 4.69) is 41.1 Å². The van der Waals surface area contributed by atoms with Crippen molar-refractivity contribution in [2.45, 2.75) is 115 Å². The first-order chi connectivity index (χ1) is 54.6. The van der Waals surface area contributed by atoms with E-state index in [4.69, 9.17) is 30.5 Å². The Morgan fingerprint density at radius 2 is 1.37 bits per heavy atom. The van der Waals surface area contributed by atoms with Gasteiger partial charge in [0.05, 0.1) is 92.0 Å². The van der Waals surface area contributed by atoms with Crippen molar-refractivity contribution in [3.63, 3.8) is 0 Å². The molecule has 11 rings (SSSR count). The highest BCUT2D eigenvalue weighted by Gasteiger charge is 2.49. The van der Waals surface area contributed by atoms with E-state index >= 15 is 4.39 Å². The van der Waals surface area contributed by atoms with Crippen LogP contribution in [-0.2, 0) is 64.4 Å². The summed E-state index contributed by atoms with van der Waals surface area (Å²) in [6, 6.07) is 34.3. The number of alkyl halides is 3. The van der Waals surface area contributed by atoms with Gasteiger partial charge in [-0.05, 0) is 174 Å². The van der Waals surface area contributed by atoms with E-state index in [-0.39, 0.29) is 64.0 Å². The quantitative estimate of drug-likeness (QED) is 0.00683. The molecule has 4 aliphatic rings. The summed E-state index contributed by atoms with van der Waals surface area (Å²) in [7, 11) is -9.78. The maximum absolute atomic E-state index is 15.9. The Kier molecular flexibility index (Phi) is 30.4. The Morgan fingerprint density at radius 3 is 2.04 bits per heavy atom. The minimum absolute atomic E-state index is 0.00628. The molecule has 0 radical (unpaired) electrons. The van der Waals surface area contributed by atoms with Gasteiger partial charge in [0.15, 0.2) is 14.7 Å². The van der Waals surface area contributed by atoms with Gasteiger partial charge in [-0.25, -0.2) is 25.9 Å². The molecular weight excluding hydrogens is 1580 g/mol. The van der Waals surface area contributed by atoms with Crippen molar-refractivity contribution in [3.8, 4) is 22.4 Å². The van der Waals surface area contributed by atoms with Crippen molar-refractivity contribution in [1.29, 1.82) is 0 Å². The van der Waals surface area contributed by atoms with Crippen molar-refractivity contribution in [2.75, 3.05) is 155 Å². The molecule has 4 aliphatic heterocycles. The number of anilines is 5. The Balaban J connectivity index is 0.569. The van der Waals surface area contributed by atoms with E-state index in [9.17, 15) is 58.5 Å². The largest absolute Gasteiger partial charge is 0.588 e. The number of sulfone groups is 2. The van der Waals surface area contributed by atoms with Gasteiger partial charge in [-0.15, -0.1) is 11.8 Å². The minimum Gasteiger partial charge on any atom is -0.588 e. The SMILES string of the molecule is Cc1c(S(C)(=O)=O)c(-c2cc(F)cc(N3CCN(c4ccc(N[S+]([O-])c5ccc(N[C@H](CCN6CCC(OCCOCCOCCOCCNCCCCNC(=O)CNc7ccc8c(c7)C(=O)N(C7CCC(=O)NC7=O)C8=O)CC6)CSc6ccccc6)c(S(=O)(=O)C(F)(F)F)c5)cc4)CC3)c2)c(-c2ccc(Cl)cc2)n1C(C)C. The second-order valence-electron chi connectivity index (χ2n) is 28.4. The number of fused-ring (bicyclic) bond motifs is 1. The second kappa shape index (κ2) is 40.0. The molecule has 7 aromatic rings. The minimum atomic E-state index is -5.96. The molecule has 0 saturated carbocycles. The van der Waals surface area contributed by atoms with E-state index in [0.29, 0.717) is 162 Å². The van der Waals surface area contributed by atoms with Crippen molar-refractivity contribution in [3.05, 3.63) is 161 Å². The molecule has 614 valence electrons. The van der Waals surface area contributed by atoms with Gasteiger partial charge in [0.1, 0.15) is 28.1 Å². The summed E-state index contributed by atoms with van der Waals surface area (Å²) in [5, 5.41) is 15.0. The first kappa shape index (κ1) is 86.5. The van der Waals surface area contributed by atoms with Crippen LogP contribution in [0.15, 0.2) is 153 Å². The summed E-state index contributed by atoms with van der Waals surface area (Å²) >= 11 is 5.55. The molecule has 5 heterocycles. The number of hydrogen-bond acceptors (Lipinski definition) is 22. The molecule has 3 saturated heterocycles. The fraction of sp³-hybridized carbons (Fsp3) is 0.438. The van der Waals surface area contributed by atoms with Crippen LogP contribution in [0.25, 0.3) is 22.4 Å². The molecule has 0 spiro atoms. The topological polar surface area (TPSA) is 304 Å². The summed E-state index contributed by atoms with van der Waals surface area (Å²) in [6.45, 7) is 14.3. The van der Waals surface area contributed by atoms with Crippen LogP contribution in [0.2, 0.25) is 5.02 Å². The van der Waals surface area contributed by atoms with Gasteiger partial charge in [-0.2, -0.15) is 13.2 Å². The number of benzene rings is 6. The third kappa shape index (κ3) is 22.7. The number of carbonyl (C=O) groups excluding carboxylic acids is 5. The average molecular weight is 1680 g/mol. The van der Waals surface area contributed by atoms with Gasteiger partial charge in [-0.3, -0.25) is 34.2 Å². The lowest BCUT2D eigenvalue weighted by molar-refractivity contribution is -0.136. The number of aromatic nitrogens is 1. The third-order valence-corrected chi connectivity index (χ3v) is 25.3. The highest BCUT2D eigenvalue weighted by molar-refractivity contribution is 7.99.